The third-order valence-electron chi connectivity index (χ3n) is 22.4. The highest BCUT2D eigenvalue weighted by molar-refractivity contribution is 6.32. The van der Waals surface area contributed by atoms with Crippen molar-refractivity contribution < 1.29 is 81.6 Å². The molecule has 0 bridgehead atoms. The van der Waals surface area contributed by atoms with E-state index in [0.717, 1.165) is 120 Å². The SMILES string of the molecule is C.CCCCCCCCCCCC(=O)OCC(COC(=O)CCCCCCCCCCC)OC(=O)CCC(=O)O.CCCCCCCCCCCC(=O)OCC(COC(=O)CCCCCCCCCCC)OC(=O)CCC(=O)[O-].Clc1ccccc1C(c1ccccc1)(c1ccccc1)[n+]1cc[nH]c1.Clc1ccccc1C(c1ccccc1)(c1ccccc1)n1ccnc1. The highest BCUT2D eigenvalue weighted by atomic mass is 35.5. The quantitative estimate of drug-likeness (QED) is 0.0118. The van der Waals surface area contributed by atoms with Crippen molar-refractivity contribution in [1.29, 1.82) is 0 Å². The van der Waals surface area contributed by atoms with Crippen molar-refractivity contribution in [3.8, 4) is 0 Å². The lowest BCUT2D eigenvalue weighted by Gasteiger charge is -2.37. The summed E-state index contributed by atoms with van der Waals surface area (Å²) in [5, 5.41) is 20.8. The van der Waals surface area contributed by atoms with Gasteiger partial charge in [0.25, 0.3) is 0 Å². The third-order valence-corrected chi connectivity index (χ3v) is 23.1. The van der Waals surface area contributed by atoms with Crippen molar-refractivity contribution in [1.82, 2.24) is 14.5 Å². The number of carboxylic acids is 2. The summed E-state index contributed by atoms with van der Waals surface area (Å²) in [6.07, 6.45) is 50.5. The molecule has 0 atom stereocenters. The number of ether oxygens (including phenoxy) is 6. The van der Waals surface area contributed by atoms with Crippen LogP contribution in [0, 0.1) is 0 Å². The number of carbonyl (C=O) groups excluding carboxylic acids is 7. The Kier molecular flexibility index (Phi) is 60.4. The maximum atomic E-state index is 12.1. The molecule has 2 heterocycles. The molecule has 22 heteroatoms. The number of benzene rings is 6. The molecule has 2 N–H and O–H groups in total. The van der Waals surface area contributed by atoms with E-state index in [1.165, 1.54) is 154 Å². The van der Waals surface area contributed by atoms with E-state index in [1.54, 1.807) is 6.20 Å². The number of halogens is 2. The van der Waals surface area contributed by atoms with Gasteiger partial charge < -0.3 is 48.0 Å². The molecule has 0 aliphatic heterocycles. The van der Waals surface area contributed by atoms with Gasteiger partial charge in [-0.15, -0.1) is 0 Å². The Bertz CT molecular complexity index is 3820. The van der Waals surface area contributed by atoms with Gasteiger partial charge in [-0.3, -0.25) is 38.5 Å². The summed E-state index contributed by atoms with van der Waals surface area (Å²) >= 11 is 13.4. The van der Waals surface area contributed by atoms with Crippen molar-refractivity contribution in [2.75, 3.05) is 26.4 Å². The van der Waals surface area contributed by atoms with Crippen LogP contribution in [0.1, 0.15) is 351 Å². The molecule has 129 heavy (non-hydrogen) atoms. The zero-order chi connectivity index (χ0) is 92.2. The number of carboxylic acid groups (broad SMARTS) is 2. The minimum atomic E-state index is -1.36. The van der Waals surface area contributed by atoms with E-state index in [9.17, 15) is 43.5 Å². The molecule has 0 aliphatic rings. The number of H-pyrrole nitrogens is 1. The van der Waals surface area contributed by atoms with Gasteiger partial charge in [0.05, 0.1) is 25.6 Å². The zero-order valence-corrected chi connectivity index (χ0v) is 78.4. The average Bonchev–Trinajstić information content (AvgIpc) is 1.67. The first-order chi connectivity index (χ1) is 62.4. The fourth-order valence-corrected chi connectivity index (χ4v) is 16.0. The summed E-state index contributed by atoms with van der Waals surface area (Å²) < 4.78 is 35.8. The number of carbonyl (C=O) groups is 8. The Balaban J connectivity index is 0.000000365. The molecular weight excluding hydrogens is 1670 g/mol. The Morgan fingerprint density at radius 2 is 0.674 bits per heavy atom. The molecule has 6 aromatic carbocycles. The number of rotatable bonds is 64. The molecule has 8 aromatic rings. The van der Waals surface area contributed by atoms with Crippen LogP contribution in [0.3, 0.4) is 0 Å². The summed E-state index contributed by atoms with van der Waals surface area (Å²) in [5.41, 5.74) is 5.49. The molecule has 0 saturated carbocycles. The molecule has 0 spiro atoms. The lowest BCUT2D eigenvalue weighted by molar-refractivity contribution is -0.733. The fourth-order valence-electron chi connectivity index (χ4n) is 15.5. The van der Waals surface area contributed by atoms with E-state index >= 15 is 0 Å². The number of aromatic amines is 1. The predicted molar refractivity (Wildman–Crippen MR) is 511 cm³/mol. The van der Waals surface area contributed by atoms with Crippen LogP contribution < -0.4 is 9.67 Å². The maximum Gasteiger partial charge on any atom is 0.306 e. The van der Waals surface area contributed by atoms with Crippen LogP contribution in [0.4, 0.5) is 0 Å². The molecule has 20 nitrogen and oxygen atoms in total. The monoisotopic (exact) mass is 1820 g/mol. The minimum absolute atomic E-state index is 0. The van der Waals surface area contributed by atoms with Crippen LogP contribution in [0.2, 0.25) is 10.0 Å². The molecular formula is C107H150Cl2N4O16. The Hall–Kier alpha value is -9.92. The summed E-state index contributed by atoms with van der Waals surface area (Å²) in [6.45, 7) is 7.90. The fraction of sp³-hybridized carbons (Fsp3) is 0.533. The smallest absolute Gasteiger partial charge is 0.306 e. The van der Waals surface area contributed by atoms with E-state index < -0.39 is 65.5 Å². The number of hydrogen-bond acceptors (Lipinski definition) is 16. The Labute approximate surface area is 780 Å². The van der Waals surface area contributed by atoms with E-state index in [2.05, 4.69) is 156 Å². The van der Waals surface area contributed by atoms with Crippen molar-refractivity contribution in [2.24, 2.45) is 0 Å². The van der Waals surface area contributed by atoms with Gasteiger partial charge in [0.2, 0.25) is 6.33 Å². The van der Waals surface area contributed by atoms with Crippen LogP contribution in [0.15, 0.2) is 207 Å². The van der Waals surface area contributed by atoms with Gasteiger partial charge >= 0.3 is 41.8 Å². The average molecular weight is 1820 g/mol. The van der Waals surface area contributed by atoms with E-state index in [1.807, 2.05) is 91.9 Å². The van der Waals surface area contributed by atoms with Gasteiger partial charge in [0.15, 0.2) is 17.7 Å². The van der Waals surface area contributed by atoms with Gasteiger partial charge in [0, 0.05) is 76.3 Å². The number of imidazole rings is 2. The number of nitrogens with one attached hydrogen (secondary N) is 1. The van der Waals surface area contributed by atoms with Gasteiger partial charge in [-0.25, -0.2) is 9.55 Å². The van der Waals surface area contributed by atoms with Crippen LogP contribution in [0.5, 0.6) is 0 Å². The molecule has 0 fully saturated rings. The first-order valence-corrected chi connectivity index (χ1v) is 48.4. The van der Waals surface area contributed by atoms with Crippen molar-refractivity contribution in [3.05, 3.63) is 251 Å². The summed E-state index contributed by atoms with van der Waals surface area (Å²) in [4.78, 5) is 101. The molecule has 8 rings (SSSR count). The van der Waals surface area contributed by atoms with Gasteiger partial charge in [-0.1, -0.05) is 422 Å². The predicted octanol–water partition coefficient (Wildman–Crippen LogP) is 24.9. The molecule has 0 radical (unpaired) electrons. The zero-order valence-electron chi connectivity index (χ0n) is 76.9. The Morgan fingerprint density at radius 1 is 0.380 bits per heavy atom. The first-order valence-electron chi connectivity index (χ1n) is 47.6. The lowest BCUT2D eigenvalue weighted by atomic mass is 9.76. The van der Waals surface area contributed by atoms with Crippen molar-refractivity contribution in [2.45, 2.75) is 341 Å². The van der Waals surface area contributed by atoms with E-state index in [4.69, 9.17) is 56.7 Å². The number of nitrogens with zero attached hydrogens (tertiary/aromatic N) is 3. The van der Waals surface area contributed by atoms with E-state index in [-0.39, 0.29) is 90.7 Å². The molecule has 0 aliphatic carbocycles. The Morgan fingerprint density at radius 3 is 0.961 bits per heavy atom. The topological polar surface area (TPSA) is 273 Å². The van der Waals surface area contributed by atoms with Gasteiger partial charge in [-0.05, 0) is 55.4 Å². The van der Waals surface area contributed by atoms with Crippen LogP contribution in [0.25, 0.3) is 0 Å². The highest BCUT2D eigenvalue weighted by Gasteiger charge is 2.44. The maximum absolute atomic E-state index is 12.1. The third kappa shape index (κ3) is 45.0. The standard InChI is InChI=1S/2C31H56O8.2C22H17ClN2.CH4/c2*1-3-5-7-9-11-13-15-17-19-21-29(34)37-25-27(39-31(36)24-23-28(32)33)26-38-30(35)22-20-18-16-14-12-10-8-6-4-2;2*23-21-14-8-7-13-20(21)22(25-16-15-24-17-25,18-9-3-1-4-10-18)19-11-5-2-6-12-19;/h2*27H,3-26H2,1-2H3,(H,32,33);2*1-17H;1H4. The van der Waals surface area contributed by atoms with Crippen molar-refractivity contribution >= 4 is 71.0 Å². The normalized spacial score (nSPS) is 11.0. The van der Waals surface area contributed by atoms with Gasteiger partial charge in [-0.2, -0.15) is 0 Å². The first kappa shape index (κ1) is 111. The second-order valence-electron chi connectivity index (χ2n) is 32.9. The molecule has 2 aromatic heterocycles. The number of esters is 6. The largest absolute Gasteiger partial charge is 0.550 e. The van der Waals surface area contributed by atoms with Crippen LogP contribution >= 0.6 is 23.2 Å². The second kappa shape index (κ2) is 70.0. The summed E-state index contributed by atoms with van der Waals surface area (Å²) in [6, 6.07) is 57.8. The van der Waals surface area contributed by atoms with E-state index in [0.29, 0.717) is 0 Å². The minimum Gasteiger partial charge on any atom is -0.550 e. The number of hydrogen-bond donors (Lipinski definition) is 2. The number of aliphatic carboxylic acids is 2. The lowest BCUT2D eigenvalue weighted by Crippen LogP contribution is -2.57. The van der Waals surface area contributed by atoms with Gasteiger partial charge in [0.1, 0.15) is 44.4 Å². The summed E-state index contributed by atoms with van der Waals surface area (Å²) in [5.74, 6) is -5.52. The second-order valence-corrected chi connectivity index (χ2v) is 33.7. The number of aromatic nitrogens is 4. The van der Waals surface area contributed by atoms with Crippen molar-refractivity contribution in [3.63, 3.8) is 0 Å². The number of unbranched alkanes of at least 4 members (excludes halogenated alkanes) is 32. The molecule has 708 valence electrons. The molecule has 0 saturated heterocycles. The molecule has 0 amide bonds. The highest BCUT2D eigenvalue weighted by Crippen LogP contribution is 2.44. The summed E-state index contributed by atoms with van der Waals surface area (Å²) in [7, 11) is 0. The molecule has 0 unspecified atom stereocenters. The van der Waals surface area contributed by atoms with Crippen LogP contribution in [-0.4, -0.2) is 106 Å². The van der Waals surface area contributed by atoms with Crippen LogP contribution in [-0.2, 0) is 77.9 Å².